The van der Waals surface area contributed by atoms with Crippen LogP contribution in [0.1, 0.15) is 25.3 Å². The molecular formula is C26H29ClN2O6. The Hall–Kier alpha value is -2.68. The third-order valence-electron chi connectivity index (χ3n) is 7.58. The molecule has 8 nitrogen and oxygen atoms in total. The molecule has 2 amide bonds. The predicted molar refractivity (Wildman–Crippen MR) is 129 cm³/mol. The third kappa shape index (κ3) is 3.53. The van der Waals surface area contributed by atoms with Crippen molar-refractivity contribution in [1.82, 2.24) is 4.90 Å². The summed E-state index contributed by atoms with van der Waals surface area (Å²) in [5.74, 6) is -2.93. The largest absolute Gasteiger partial charge is 0.461 e. The maximum absolute atomic E-state index is 14.3. The van der Waals surface area contributed by atoms with Gasteiger partial charge in [-0.1, -0.05) is 42.0 Å². The van der Waals surface area contributed by atoms with Gasteiger partial charge in [0.15, 0.2) is 0 Å². The first-order valence-corrected chi connectivity index (χ1v) is 12.3. The molecule has 1 aromatic rings. The number of benzene rings is 1. The Kier molecular flexibility index (Phi) is 6.02. The van der Waals surface area contributed by atoms with E-state index in [4.69, 9.17) is 21.1 Å². The number of amides is 2. The Morgan fingerprint density at radius 2 is 1.91 bits per heavy atom. The lowest BCUT2D eigenvalue weighted by atomic mass is 9.75. The molecule has 1 aromatic carbocycles. The summed E-state index contributed by atoms with van der Waals surface area (Å²) in [6, 6.07) is 4.45. The van der Waals surface area contributed by atoms with Crippen LogP contribution in [0.2, 0.25) is 5.02 Å². The van der Waals surface area contributed by atoms with Crippen molar-refractivity contribution >= 4 is 35.1 Å². The number of rotatable bonds is 5. The van der Waals surface area contributed by atoms with Gasteiger partial charge in [0.25, 0.3) is 5.91 Å². The van der Waals surface area contributed by atoms with E-state index < -0.39 is 35.0 Å². The standard InChI is InChI=1S/C26H29ClN2O6/c1-16-8-5-9-17(27)20(16)28-13-6-11-26-18(19-24(33)34-15-7-10-25(19,2)35-26)22(31)29(12-3-4-14-30)21(26)23(28)32/h5-11,18-19,21,30H,3-4,12-15H2,1-2H3/t18-,19-,21?,25+,26-/m0/s1. The van der Waals surface area contributed by atoms with Gasteiger partial charge < -0.3 is 24.4 Å². The first-order valence-electron chi connectivity index (χ1n) is 12.0. The number of aliphatic hydroxyl groups is 1. The molecule has 4 aliphatic heterocycles. The first kappa shape index (κ1) is 24.0. The molecule has 0 saturated carbocycles. The first-order chi connectivity index (χ1) is 16.7. The van der Waals surface area contributed by atoms with Gasteiger partial charge in [0.2, 0.25) is 5.91 Å². The Bertz CT molecular complexity index is 1110. The Morgan fingerprint density at radius 3 is 2.66 bits per heavy atom. The van der Waals surface area contributed by atoms with Gasteiger partial charge in [0, 0.05) is 19.7 Å². The average Bonchev–Trinajstić information content (AvgIpc) is 3.06. The van der Waals surface area contributed by atoms with Crippen LogP contribution in [0, 0.1) is 18.8 Å². The van der Waals surface area contributed by atoms with Crippen LogP contribution in [0.4, 0.5) is 5.69 Å². The highest BCUT2D eigenvalue weighted by atomic mass is 35.5. The molecule has 35 heavy (non-hydrogen) atoms. The summed E-state index contributed by atoms with van der Waals surface area (Å²) >= 11 is 6.53. The predicted octanol–water partition coefficient (Wildman–Crippen LogP) is 2.41. The van der Waals surface area contributed by atoms with Gasteiger partial charge in [0.05, 0.1) is 22.2 Å². The number of hydrogen-bond acceptors (Lipinski definition) is 6. The highest BCUT2D eigenvalue weighted by Crippen LogP contribution is 2.57. The van der Waals surface area contributed by atoms with Crippen LogP contribution in [0.25, 0.3) is 0 Å². The average molecular weight is 501 g/mol. The van der Waals surface area contributed by atoms with E-state index >= 15 is 0 Å². The van der Waals surface area contributed by atoms with Crippen LogP contribution < -0.4 is 4.90 Å². The second kappa shape index (κ2) is 8.76. The van der Waals surface area contributed by atoms with E-state index in [0.717, 1.165) is 5.56 Å². The van der Waals surface area contributed by atoms with Crippen molar-refractivity contribution in [3.63, 3.8) is 0 Å². The molecule has 9 heteroatoms. The van der Waals surface area contributed by atoms with Crippen LogP contribution in [0.5, 0.6) is 0 Å². The molecule has 5 atom stereocenters. The number of para-hydroxylation sites is 1. The zero-order chi connectivity index (χ0) is 25.0. The number of unbranched alkanes of at least 4 members (excludes halogenated alkanes) is 1. The maximum Gasteiger partial charge on any atom is 0.313 e. The summed E-state index contributed by atoms with van der Waals surface area (Å²) in [6.07, 6.45) is 8.10. The van der Waals surface area contributed by atoms with Crippen molar-refractivity contribution < 1.29 is 29.0 Å². The summed E-state index contributed by atoms with van der Waals surface area (Å²) < 4.78 is 12.0. The summed E-state index contributed by atoms with van der Waals surface area (Å²) in [5, 5.41) is 9.74. The van der Waals surface area contributed by atoms with Crippen molar-refractivity contribution in [3.05, 3.63) is 53.1 Å². The second-order valence-corrected chi connectivity index (χ2v) is 10.2. The molecule has 5 rings (SSSR count). The fraction of sp³-hybridized carbons (Fsp3) is 0.500. The second-order valence-electron chi connectivity index (χ2n) is 9.75. The van der Waals surface area contributed by atoms with E-state index in [2.05, 4.69) is 0 Å². The summed E-state index contributed by atoms with van der Waals surface area (Å²) in [5.41, 5.74) is -1.01. The lowest BCUT2D eigenvalue weighted by molar-refractivity contribution is -0.156. The van der Waals surface area contributed by atoms with Crippen molar-refractivity contribution in [2.45, 2.75) is 43.9 Å². The number of halogens is 1. The molecule has 0 aromatic heterocycles. The minimum atomic E-state index is -1.34. The molecule has 1 N–H and O–H groups in total. The third-order valence-corrected chi connectivity index (χ3v) is 7.88. The Balaban J connectivity index is 1.65. The van der Waals surface area contributed by atoms with Crippen LogP contribution in [0.3, 0.4) is 0 Å². The van der Waals surface area contributed by atoms with Gasteiger partial charge in [-0.2, -0.15) is 0 Å². The van der Waals surface area contributed by atoms with Crippen LogP contribution >= 0.6 is 11.6 Å². The van der Waals surface area contributed by atoms with Gasteiger partial charge in [-0.25, -0.2) is 0 Å². The van der Waals surface area contributed by atoms with Gasteiger partial charge in [0.1, 0.15) is 24.2 Å². The molecule has 0 aliphatic carbocycles. The molecule has 4 aliphatic rings. The number of carbonyl (C=O) groups is 3. The van der Waals surface area contributed by atoms with Crippen LogP contribution in [0.15, 0.2) is 42.5 Å². The minimum Gasteiger partial charge on any atom is -0.461 e. The molecular weight excluding hydrogens is 472 g/mol. The number of aliphatic hydroxyl groups excluding tert-OH is 1. The summed E-state index contributed by atoms with van der Waals surface area (Å²) in [4.78, 5) is 44.4. The maximum atomic E-state index is 14.3. The van der Waals surface area contributed by atoms with Gasteiger partial charge >= 0.3 is 5.97 Å². The number of anilines is 1. The number of likely N-dealkylation sites (tertiary alicyclic amines) is 1. The lowest BCUT2D eigenvalue weighted by Gasteiger charge is -2.37. The van der Waals surface area contributed by atoms with Crippen molar-refractivity contribution in [2.75, 3.05) is 31.2 Å². The number of fused-ring (bicyclic) bond motifs is 2. The number of hydrogen-bond donors (Lipinski definition) is 1. The highest BCUT2D eigenvalue weighted by Gasteiger charge is 2.74. The smallest absolute Gasteiger partial charge is 0.313 e. The molecule has 1 spiro atoms. The number of nitrogens with zero attached hydrogens (tertiary/aromatic N) is 2. The molecule has 4 heterocycles. The van der Waals surface area contributed by atoms with Gasteiger partial charge in [-0.05, 0) is 44.4 Å². The molecule has 0 radical (unpaired) electrons. The number of carbonyl (C=O) groups excluding carboxylic acids is 3. The van der Waals surface area contributed by atoms with E-state index in [1.807, 2.05) is 25.1 Å². The van der Waals surface area contributed by atoms with Gasteiger partial charge in [-0.3, -0.25) is 14.4 Å². The van der Waals surface area contributed by atoms with Gasteiger partial charge in [-0.15, -0.1) is 0 Å². The molecule has 2 fully saturated rings. The molecule has 186 valence electrons. The monoisotopic (exact) mass is 500 g/mol. The fourth-order valence-electron chi connectivity index (χ4n) is 6.15. The highest BCUT2D eigenvalue weighted by molar-refractivity contribution is 6.34. The quantitative estimate of drug-likeness (QED) is 0.379. The normalized spacial score (nSPS) is 33.8. The zero-order valence-electron chi connectivity index (χ0n) is 19.8. The van der Waals surface area contributed by atoms with E-state index in [9.17, 15) is 19.5 Å². The number of aryl methyl sites for hydroxylation is 1. The van der Waals surface area contributed by atoms with E-state index in [0.29, 0.717) is 23.6 Å². The Morgan fingerprint density at radius 1 is 1.11 bits per heavy atom. The van der Waals surface area contributed by atoms with Crippen LogP contribution in [-0.4, -0.2) is 71.3 Å². The number of cyclic esters (lactones) is 1. The summed E-state index contributed by atoms with van der Waals surface area (Å²) in [7, 11) is 0. The Labute approximate surface area is 209 Å². The molecule has 1 unspecified atom stereocenters. The summed E-state index contributed by atoms with van der Waals surface area (Å²) in [6.45, 7) is 4.25. The molecule has 0 bridgehead atoms. The number of esters is 1. The van der Waals surface area contributed by atoms with Crippen LogP contribution in [-0.2, 0) is 23.9 Å². The molecule has 2 saturated heterocycles. The van der Waals surface area contributed by atoms with Crippen molar-refractivity contribution in [3.8, 4) is 0 Å². The van der Waals surface area contributed by atoms with E-state index in [1.54, 1.807) is 36.1 Å². The fourth-order valence-corrected chi connectivity index (χ4v) is 6.48. The van der Waals surface area contributed by atoms with E-state index in [-0.39, 0.29) is 38.1 Å². The minimum absolute atomic E-state index is 0.0195. The zero-order valence-corrected chi connectivity index (χ0v) is 20.5. The topological polar surface area (TPSA) is 96.4 Å². The van der Waals surface area contributed by atoms with Crippen molar-refractivity contribution in [1.29, 1.82) is 0 Å². The number of ether oxygens (including phenoxy) is 2. The SMILES string of the molecule is Cc1cccc(Cl)c1N1CC=C[C@]23O[C@]4(C)C=CCOC(=O)[C@@H]4[C@H]2C(=O)N(CCCCO)C3C1=O. The lowest BCUT2D eigenvalue weighted by Crippen LogP contribution is -2.56. The van der Waals surface area contributed by atoms with Crippen molar-refractivity contribution in [2.24, 2.45) is 11.8 Å². The van der Waals surface area contributed by atoms with E-state index in [1.165, 1.54) is 4.90 Å².